The van der Waals surface area contributed by atoms with Crippen molar-refractivity contribution >= 4 is 34.6 Å². The predicted octanol–water partition coefficient (Wildman–Crippen LogP) is 8.27. The van der Waals surface area contributed by atoms with Crippen LogP contribution in [0.3, 0.4) is 0 Å². The number of nitrogens with two attached hydrogens (primary N) is 1. The van der Waals surface area contributed by atoms with Gasteiger partial charge in [-0.3, -0.25) is 9.59 Å². The third-order valence-corrected chi connectivity index (χ3v) is 9.55. The Kier molecular flexibility index (Phi) is 9.47. The number of fused-ring (bicyclic) bond motifs is 4. The lowest BCUT2D eigenvalue weighted by Gasteiger charge is -2.31. The number of hydrogen-bond donors (Lipinski definition) is 2. The zero-order valence-electron chi connectivity index (χ0n) is 29.2. The Bertz CT molecular complexity index is 2260. The lowest BCUT2D eigenvalue weighted by atomic mass is 10.1. The molecule has 9 rings (SSSR count). The first-order valence-corrected chi connectivity index (χ1v) is 17.8. The Hall–Kier alpha value is -6.58. The first kappa shape index (κ1) is 33.6. The fraction of sp³-hybridized carbons (Fsp3) is 0.136. The highest BCUT2D eigenvalue weighted by atomic mass is 16.5. The molecule has 0 aromatic heterocycles. The standard InChI is InChI=1S/C24H23N3O2.C20H16N2O2/c28-24-19-9-6-11-21(26-15-13-25-14-16-26)23(19)29-22-12-5-4-10-20(22)27(24)17-18-7-2-1-3-8-18;21-16-10-6-9-15-19(16)24-18-12-5-4-11-17(18)22(20(15)23)13-14-7-2-1-3-8-14/h1-12,25H,13-17H2;1-12H,13,21H2. The van der Waals surface area contributed by atoms with Gasteiger partial charge in [0.25, 0.3) is 11.8 Å². The fourth-order valence-corrected chi connectivity index (χ4v) is 6.90. The molecule has 0 unspecified atom stereocenters. The molecule has 1 fully saturated rings. The van der Waals surface area contributed by atoms with Crippen molar-refractivity contribution in [1.82, 2.24) is 5.32 Å². The van der Waals surface area contributed by atoms with Crippen molar-refractivity contribution in [1.29, 1.82) is 0 Å². The first-order valence-electron chi connectivity index (χ1n) is 17.8. The summed E-state index contributed by atoms with van der Waals surface area (Å²) >= 11 is 0. The third-order valence-electron chi connectivity index (χ3n) is 9.55. The van der Waals surface area contributed by atoms with Crippen LogP contribution in [0.2, 0.25) is 0 Å². The molecule has 6 aromatic carbocycles. The molecule has 3 aliphatic rings. The van der Waals surface area contributed by atoms with Crippen LogP contribution in [0, 0.1) is 0 Å². The van der Waals surface area contributed by atoms with Gasteiger partial charge in [0, 0.05) is 26.2 Å². The molecule has 0 spiro atoms. The molecule has 1 saturated heterocycles. The van der Waals surface area contributed by atoms with Crippen LogP contribution in [-0.4, -0.2) is 38.0 Å². The summed E-state index contributed by atoms with van der Waals surface area (Å²) in [6.45, 7) is 4.60. The van der Waals surface area contributed by atoms with Crippen LogP contribution in [0.5, 0.6) is 23.0 Å². The number of piperazine rings is 1. The second-order valence-electron chi connectivity index (χ2n) is 13.0. The lowest BCUT2D eigenvalue weighted by Crippen LogP contribution is -2.43. The highest BCUT2D eigenvalue weighted by Gasteiger charge is 2.32. The molecule has 0 saturated carbocycles. The monoisotopic (exact) mass is 701 g/mol. The zero-order chi connectivity index (χ0) is 36.1. The summed E-state index contributed by atoms with van der Waals surface area (Å²) in [5.41, 5.74) is 12.2. The molecule has 3 aliphatic heterocycles. The molecule has 3 heterocycles. The van der Waals surface area contributed by atoms with Crippen molar-refractivity contribution in [3.8, 4) is 23.0 Å². The van der Waals surface area contributed by atoms with E-state index < -0.39 is 0 Å². The van der Waals surface area contributed by atoms with E-state index in [1.54, 1.807) is 23.1 Å². The van der Waals surface area contributed by atoms with Crippen molar-refractivity contribution in [2.45, 2.75) is 13.1 Å². The molecule has 9 nitrogen and oxygen atoms in total. The number of amides is 2. The molecule has 0 aliphatic carbocycles. The molecule has 6 aromatic rings. The molecule has 53 heavy (non-hydrogen) atoms. The van der Waals surface area contributed by atoms with Crippen molar-refractivity contribution < 1.29 is 19.1 Å². The van der Waals surface area contributed by atoms with Gasteiger partial charge < -0.3 is 35.2 Å². The maximum atomic E-state index is 13.7. The van der Waals surface area contributed by atoms with E-state index in [0.29, 0.717) is 52.9 Å². The third kappa shape index (κ3) is 6.90. The quantitative estimate of drug-likeness (QED) is 0.175. The summed E-state index contributed by atoms with van der Waals surface area (Å²) in [7, 11) is 0. The Morgan fingerprint density at radius 3 is 1.53 bits per heavy atom. The number of nitrogens with one attached hydrogen (secondary N) is 1. The Balaban J connectivity index is 0.000000154. The number of rotatable bonds is 5. The van der Waals surface area contributed by atoms with Gasteiger partial charge >= 0.3 is 0 Å². The average Bonchev–Trinajstić information content (AvgIpc) is 3.41. The average molecular weight is 702 g/mol. The van der Waals surface area contributed by atoms with Gasteiger partial charge in [-0.15, -0.1) is 0 Å². The van der Waals surface area contributed by atoms with Crippen molar-refractivity contribution in [3.63, 3.8) is 0 Å². The number of nitrogens with zero attached hydrogens (tertiary/aromatic N) is 3. The SMILES string of the molecule is Nc1cccc2c1Oc1ccccc1N(Cc1ccccc1)C2=O.O=C1c2cccc(N3CCNCC3)c2Oc2ccccc2N1Cc1ccccc1. The van der Waals surface area contributed by atoms with Gasteiger partial charge in [-0.05, 0) is 59.7 Å². The second-order valence-corrected chi connectivity index (χ2v) is 13.0. The van der Waals surface area contributed by atoms with E-state index in [9.17, 15) is 9.59 Å². The molecule has 2 amide bonds. The van der Waals surface area contributed by atoms with Crippen LogP contribution in [0.1, 0.15) is 31.8 Å². The van der Waals surface area contributed by atoms with Gasteiger partial charge in [0.15, 0.2) is 23.0 Å². The lowest BCUT2D eigenvalue weighted by molar-refractivity contribution is 0.0977. The van der Waals surface area contributed by atoms with E-state index in [4.69, 9.17) is 15.2 Å². The minimum atomic E-state index is -0.119. The van der Waals surface area contributed by atoms with Crippen LogP contribution in [0.15, 0.2) is 146 Å². The van der Waals surface area contributed by atoms with Crippen molar-refractivity contribution in [2.75, 3.05) is 46.6 Å². The summed E-state index contributed by atoms with van der Waals surface area (Å²) in [4.78, 5) is 32.6. The molecule has 264 valence electrons. The maximum Gasteiger partial charge on any atom is 0.262 e. The molecular weight excluding hydrogens is 663 g/mol. The number of ether oxygens (including phenoxy) is 2. The number of benzene rings is 6. The van der Waals surface area contributed by atoms with Gasteiger partial charge in [-0.25, -0.2) is 0 Å². The first-order chi connectivity index (χ1) is 26.0. The van der Waals surface area contributed by atoms with E-state index in [2.05, 4.69) is 10.2 Å². The summed E-state index contributed by atoms with van der Waals surface area (Å²) in [6, 6.07) is 46.4. The number of nitrogen functional groups attached to an aromatic ring is 1. The second kappa shape index (κ2) is 15.0. The van der Waals surface area contributed by atoms with Gasteiger partial charge in [-0.2, -0.15) is 0 Å². The Morgan fingerprint density at radius 2 is 0.962 bits per heavy atom. The maximum absolute atomic E-state index is 13.7. The van der Waals surface area contributed by atoms with Gasteiger partial charge in [-0.1, -0.05) is 97.1 Å². The minimum Gasteiger partial charge on any atom is -0.452 e. The molecule has 9 heteroatoms. The molecule has 0 bridgehead atoms. The zero-order valence-corrected chi connectivity index (χ0v) is 29.2. The van der Waals surface area contributed by atoms with Crippen LogP contribution in [0.4, 0.5) is 22.7 Å². The van der Waals surface area contributed by atoms with E-state index in [1.165, 1.54) is 0 Å². The predicted molar refractivity (Wildman–Crippen MR) is 209 cm³/mol. The van der Waals surface area contributed by atoms with Gasteiger partial charge in [0.1, 0.15) is 0 Å². The van der Waals surface area contributed by atoms with Crippen LogP contribution in [0.25, 0.3) is 0 Å². The largest absolute Gasteiger partial charge is 0.452 e. The molecule has 0 radical (unpaired) electrons. The summed E-state index contributed by atoms with van der Waals surface area (Å²) in [5, 5.41) is 3.38. The van der Waals surface area contributed by atoms with Crippen molar-refractivity contribution in [2.24, 2.45) is 0 Å². The number of hydrogen-bond acceptors (Lipinski definition) is 7. The van der Waals surface area contributed by atoms with Crippen LogP contribution in [-0.2, 0) is 13.1 Å². The van der Waals surface area contributed by atoms with Crippen LogP contribution >= 0.6 is 0 Å². The number of carbonyl (C=O) groups excluding carboxylic acids is 2. The van der Waals surface area contributed by atoms with E-state index >= 15 is 0 Å². The van der Waals surface area contributed by atoms with E-state index in [-0.39, 0.29) is 11.8 Å². The topological polar surface area (TPSA) is 100 Å². The normalized spacial score (nSPS) is 14.5. The summed E-state index contributed by atoms with van der Waals surface area (Å²) in [5.74, 6) is 2.25. The van der Waals surface area contributed by atoms with E-state index in [0.717, 1.165) is 54.4 Å². The number of carbonyl (C=O) groups is 2. The van der Waals surface area contributed by atoms with Gasteiger partial charge in [0.05, 0.1) is 47.0 Å². The number of anilines is 4. The van der Waals surface area contributed by atoms with Crippen LogP contribution < -0.4 is 35.2 Å². The fourth-order valence-electron chi connectivity index (χ4n) is 6.90. The highest BCUT2D eigenvalue weighted by molar-refractivity contribution is 6.11. The van der Waals surface area contributed by atoms with E-state index in [1.807, 2.05) is 132 Å². The smallest absolute Gasteiger partial charge is 0.262 e. The van der Waals surface area contributed by atoms with Crippen molar-refractivity contribution in [3.05, 3.63) is 168 Å². The Labute approximate surface area is 308 Å². The summed E-state index contributed by atoms with van der Waals surface area (Å²) < 4.78 is 12.4. The molecular formula is C44H39N5O4. The van der Waals surface area contributed by atoms with Gasteiger partial charge in [0.2, 0.25) is 0 Å². The molecule has 3 N–H and O–H groups in total. The Morgan fingerprint density at radius 1 is 0.509 bits per heavy atom. The minimum absolute atomic E-state index is 0.0363. The molecule has 0 atom stereocenters. The summed E-state index contributed by atoms with van der Waals surface area (Å²) in [6.07, 6.45) is 0. The highest BCUT2D eigenvalue weighted by Crippen LogP contribution is 2.44. The number of para-hydroxylation sites is 6.